The second-order valence-corrected chi connectivity index (χ2v) is 7.63. The molecule has 9 heteroatoms. The van der Waals surface area contributed by atoms with Crippen molar-refractivity contribution < 1.29 is 13.2 Å². The van der Waals surface area contributed by atoms with E-state index in [1.54, 1.807) is 11.7 Å². The van der Waals surface area contributed by atoms with E-state index in [4.69, 9.17) is 0 Å². The molecule has 1 aliphatic rings. The molecule has 1 fully saturated rings. The van der Waals surface area contributed by atoms with Crippen molar-refractivity contribution in [1.82, 2.24) is 24.3 Å². The molecule has 22 heavy (non-hydrogen) atoms. The van der Waals surface area contributed by atoms with Crippen molar-refractivity contribution in [1.29, 1.82) is 0 Å². The molecule has 0 spiro atoms. The third-order valence-corrected chi connectivity index (χ3v) is 5.08. The summed E-state index contributed by atoms with van der Waals surface area (Å²) in [5.41, 5.74) is 0.908. The molecule has 0 radical (unpaired) electrons. The molecule has 1 aromatic rings. The Kier molecular flexibility index (Phi) is 5.20. The molecule has 0 bridgehead atoms. The third kappa shape index (κ3) is 4.28. The molecule has 2 rings (SSSR count). The number of hydrogen-bond acceptors (Lipinski definition) is 5. The summed E-state index contributed by atoms with van der Waals surface area (Å²) in [6, 6.07) is 1.92. The van der Waals surface area contributed by atoms with E-state index in [0.29, 0.717) is 26.2 Å². The maximum absolute atomic E-state index is 12.0. The van der Waals surface area contributed by atoms with Crippen LogP contribution in [0.4, 0.5) is 0 Å². The predicted molar refractivity (Wildman–Crippen MR) is 82.5 cm³/mol. The first-order valence-electron chi connectivity index (χ1n) is 7.17. The highest BCUT2D eigenvalue weighted by molar-refractivity contribution is 7.88. The van der Waals surface area contributed by atoms with Crippen LogP contribution in [0.15, 0.2) is 12.3 Å². The van der Waals surface area contributed by atoms with Gasteiger partial charge in [-0.05, 0) is 6.07 Å². The van der Waals surface area contributed by atoms with E-state index >= 15 is 0 Å². The van der Waals surface area contributed by atoms with Crippen LogP contribution in [0.1, 0.15) is 5.69 Å². The lowest BCUT2D eigenvalue weighted by molar-refractivity contribution is -0.125. The van der Waals surface area contributed by atoms with Gasteiger partial charge in [0.05, 0.1) is 17.9 Å². The van der Waals surface area contributed by atoms with Crippen LogP contribution in [0, 0.1) is 5.92 Å². The van der Waals surface area contributed by atoms with Crippen LogP contribution in [0.2, 0.25) is 0 Å². The van der Waals surface area contributed by atoms with Gasteiger partial charge in [-0.1, -0.05) is 0 Å². The molecule has 2 heterocycles. The lowest BCUT2D eigenvalue weighted by Crippen LogP contribution is -2.41. The van der Waals surface area contributed by atoms with Gasteiger partial charge in [-0.15, -0.1) is 0 Å². The fourth-order valence-corrected chi connectivity index (χ4v) is 3.51. The van der Waals surface area contributed by atoms with Crippen LogP contribution >= 0.6 is 0 Å². The highest BCUT2D eigenvalue weighted by Crippen LogP contribution is 2.14. The van der Waals surface area contributed by atoms with Gasteiger partial charge in [0.25, 0.3) is 0 Å². The molecule has 1 aliphatic heterocycles. The highest BCUT2D eigenvalue weighted by atomic mass is 32.2. The van der Waals surface area contributed by atoms with E-state index in [-0.39, 0.29) is 18.4 Å². The van der Waals surface area contributed by atoms with Crippen LogP contribution < -0.4 is 5.32 Å². The van der Waals surface area contributed by atoms with Gasteiger partial charge in [0.1, 0.15) is 0 Å². The van der Waals surface area contributed by atoms with Gasteiger partial charge in [0, 0.05) is 53.0 Å². The van der Waals surface area contributed by atoms with Crippen molar-refractivity contribution in [2.45, 2.75) is 6.54 Å². The number of amides is 1. The molecule has 0 saturated carbocycles. The molecule has 0 unspecified atom stereocenters. The molecule has 0 aliphatic carbocycles. The van der Waals surface area contributed by atoms with Gasteiger partial charge in [-0.25, -0.2) is 12.7 Å². The van der Waals surface area contributed by atoms with Crippen molar-refractivity contribution in [3.8, 4) is 0 Å². The summed E-state index contributed by atoms with van der Waals surface area (Å²) in [5.74, 6) is -0.521. The normalized spacial score (nSPS) is 21.5. The van der Waals surface area contributed by atoms with E-state index in [9.17, 15) is 13.2 Å². The maximum atomic E-state index is 12.0. The monoisotopic (exact) mass is 329 g/mol. The summed E-state index contributed by atoms with van der Waals surface area (Å²) in [5, 5.41) is 6.95. The topological polar surface area (TPSA) is 87.5 Å². The van der Waals surface area contributed by atoms with Gasteiger partial charge in [0.2, 0.25) is 15.9 Å². The van der Waals surface area contributed by atoms with E-state index in [1.165, 1.54) is 10.6 Å². The molecule has 0 aromatic carbocycles. The van der Waals surface area contributed by atoms with Crippen molar-refractivity contribution in [2.75, 3.05) is 39.5 Å². The standard InChI is InChI=1S/C13H23N5O3S/c1-14-13(19)11-8-17(10-12-4-5-16(2)15-12)6-7-18(9-11)22(3,20)21/h4-5,11H,6-10H2,1-3H3,(H,14,19)/t11-/m0/s1. The van der Waals surface area contributed by atoms with Crippen LogP contribution in [-0.2, 0) is 28.4 Å². The number of carbonyl (C=O) groups is 1. The number of rotatable bonds is 4. The zero-order valence-electron chi connectivity index (χ0n) is 13.2. The predicted octanol–water partition coefficient (Wildman–Crippen LogP) is -1.14. The molecule has 1 saturated heterocycles. The molecule has 8 nitrogen and oxygen atoms in total. The van der Waals surface area contributed by atoms with Crippen LogP contribution in [0.3, 0.4) is 0 Å². The number of hydrogen-bond donors (Lipinski definition) is 1. The quantitative estimate of drug-likeness (QED) is 0.754. The Morgan fingerprint density at radius 3 is 2.68 bits per heavy atom. The van der Waals surface area contributed by atoms with Gasteiger partial charge in [-0.2, -0.15) is 5.10 Å². The van der Waals surface area contributed by atoms with Crippen molar-refractivity contribution in [2.24, 2.45) is 13.0 Å². The molecule has 1 atom stereocenters. The molecular weight excluding hydrogens is 306 g/mol. The zero-order valence-corrected chi connectivity index (χ0v) is 14.0. The van der Waals surface area contributed by atoms with E-state index in [2.05, 4.69) is 15.3 Å². The summed E-state index contributed by atoms with van der Waals surface area (Å²) in [4.78, 5) is 14.1. The fraction of sp³-hybridized carbons (Fsp3) is 0.692. The summed E-state index contributed by atoms with van der Waals surface area (Å²) in [7, 11) is 0.113. The van der Waals surface area contributed by atoms with Crippen molar-refractivity contribution >= 4 is 15.9 Å². The summed E-state index contributed by atoms with van der Waals surface area (Å²) < 4.78 is 26.8. The third-order valence-electron chi connectivity index (χ3n) is 3.81. The van der Waals surface area contributed by atoms with Gasteiger partial charge in [0.15, 0.2) is 0 Å². The molecule has 1 aromatic heterocycles. The maximum Gasteiger partial charge on any atom is 0.225 e. The van der Waals surface area contributed by atoms with E-state index in [1.807, 2.05) is 19.3 Å². The zero-order chi connectivity index (χ0) is 16.3. The Balaban J connectivity index is 2.14. The van der Waals surface area contributed by atoms with Crippen LogP contribution in [-0.4, -0.2) is 72.8 Å². The van der Waals surface area contributed by atoms with Gasteiger partial charge < -0.3 is 5.32 Å². The minimum atomic E-state index is -3.31. The number of aryl methyl sites for hydroxylation is 1. The minimum absolute atomic E-state index is 0.137. The Labute approximate surface area is 131 Å². The van der Waals surface area contributed by atoms with Crippen LogP contribution in [0.5, 0.6) is 0 Å². The first-order chi connectivity index (χ1) is 10.3. The first-order valence-corrected chi connectivity index (χ1v) is 9.02. The molecule has 1 N–H and O–H groups in total. The lowest BCUT2D eigenvalue weighted by atomic mass is 10.1. The molecule has 1 amide bonds. The first kappa shape index (κ1) is 16.9. The molecule has 124 valence electrons. The number of sulfonamides is 1. The highest BCUT2D eigenvalue weighted by Gasteiger charge is 2.31. The van der Waals surface area contributed by atoms with E-state index < -0.39 is 10.0 Å². The van der Waals surface area contributed by atoms with Crippen LogP contribution in [0.25, 0.3) is 0 Å². The number of nitrogens with zero attached hydrogens (tertiary/aromatic N) is 4. The Bertz CT molecular complexity index is 627. The smallest absolute Gasteiger partial charge is 0.225 e. The second kappa shape index (κ2) is 6.76. The number of aromatic nitrogens is 2. The molecular formula is C13H23N5O3S. The summed E-state index contributed by atoms with van der Waals surface area (Å²) in [6.45, 7) is 2.31. The average Bonchev–Trinajstić information content (AvgIpc) is 2.72. The Morgan fingerprint density at radius 1 is 1.41 bits per heavy atom. The summed E-state index contributed by atoms with van der Waals surface area (Å²) in [6.07, 6.45) is 3.05. The number of nitrogens with one attached hydrogen (secondary N) is 1. The SMILES string of the molecule is CNC(=O)[C@H]1CN(Cc2ccn(C)n2)CCN(S(C)(=O)=O)C1. The minimum Gasteiger partial charge on any atom is -0.359 e. The van der Waals surface area contributed by atoms with E-state index in [0.717, 1.165) is 5.69 Å². The lowest BCUT2D eigenvalue weighted by Gasteiger charge is -2.22. The van der Waals surface area contributed by atoms with Crippen molar-refractivity contribution in [3.05, 3.63) is 18.0 Å². The fourth-order valence-electron chi connectivity index (χ4n) is 2.64. The van der Waals surface area contributed by atoms with Crippen molar-refractivity contribution in [3.63, 3.8) is 0 Å². The Hall–Kier alpha value is -1.45. The van der Waals surface area contributed by atoms with Gasteiger partial charge >= 0.3 is 0 Å². The van der Waals surface area contributed by atoms with Gasteiger partial charge in [-0.3, -0.25) is 14.4 Å². The second-order valence-electron chi connectivity index (χ2n) is 5.65. The summed E-state index contributed by atoms with van der Waals surface area (Å²) >= 11 is 0. The number of carbonyl (C=O) groups excluding carboxylic acids is 1. The largest absolute Gasteiger partial charge is 0.359 e. The average molecular weight is 329 g/mol. The Morgan fingerprint density at radius 2 is 2.14 bits per heavy atom.